The van der Waals surface area contributed by atoms with Gasteiger partial charge in [0.1, 0.15) is 5.75 Å². The maximum atomic E-state index is 12.3. The summed E-state index contributed by atoms with van der Waals surface area (Å²) in [6.45, 7) is 2.07. The Labute approximate surface area is 150 Å². The summed E-state index contributed by atoms with van der Waals surface area (Å²) in [6.07, 6.45) is 6.18. The van der Waals surface area contributed by atoms with Gasteiger partial charge in [-0.15, -0.1) is 0 Å². The molecule has 3 heteroatoms. The Morgan fingerprint density at radius 3 is 2.52 bits per heavy atom. The lowest BCUT2D eigenvalue weighted by Crippen LogP contribution is -2.27. The maximum absolute atomic E-state index is 12.3. The second-order valence-electron chi connectivity index (χ2n) is 6.87. The second-order valence-corrected chi connectivity index (χ2v) is 6.87. The van der Waals surface area contributed by atoms with E-state index in [1.54, 1.807) is 7.11 Å². The fourth-order valence-corrected chi connectivity index (χ4v) is 3.47. The molecule has 2 aromatic carbocycles. The van der Waals surface area contributed by atoms with E-state index in [0.717, 1.165) is 17.7 Å². The van der Waals surface area contributed by atoms with E-state index in [4.69, 9.17) is 4.74 Å². The first-order chi connectivity index (χ1) is 12.2. The van der Waals surface area contributed by atoms with Crippen molar-refractivity contribution in [1.29, 1.82) is 0 Å². The van der Waals surface area contributed by atoms with E-state index in [-0.39, 0.29) is 11.9 Å². The molecule has 0 saturated heterocycles. The minimum atomic E-state index is 0.0515. The lowest BCUT2D eigenvalue weighted by atomic mass is 9.89. The highest BCUT2D eigenvalue weighted by atomic mass is 16.5. The van der Waals surface area contributed by atoms with Gasteiger partial charge in [0.25, 0.3) is 0 Å². The predicted molar refractivity (Wildman–Crippen MR) is 101 cm³/mol. The van der Waals surface area contributed by atoms with Gasteiger partial charge in [-0.2, -0.15) is 0 Å². The van der Waals surface area contributed by atoms with Crippen molar-refractivity contribution in [3.63, 3.8) is 0 Å². The average molecular weight is 337 g/mol. The van der Waals surface area contributed by atoms with Gasteiger partial charge in [-0.3, -0.25) is 4.79 Å². The summed E-state index contributed by atoms with van der Waals surface area (Å²) in [5.41, 5.74) is 5.30. The quantitative estimate of drug-likeness (QED) is 0.849. The van der Waals surface area contributed by atoms with Gasteiger partial charge in [-0.1, -0.05) is 30.3 Å². The predicted octanol–water partition coefficient (Wildman–Crippen LogP) is 4.38. The number of ether oxygens (including phenoxy) is 1. The van der Waals surface area contributed by atoms with E-state index in [9.17, 15) is 4.79 Å². The average Bonchev–Trinajstić information content (AvgIpc) is 2.66. The number of rotatable bonds is 6. The molecule has 0 spiro atoms. The molecular weight excluding hydrogens is 310 g/mol. The van der Waals surface area contributed by atoms with Gasteiger partial charge in [0.2, 0.25) is 5.91 Å². The van der Waals surface area contributed by atoms with E-state index < -0.39 is 0 Å². The molecule has 0 unspecified atom stereocenters. The third-order valence-electron chi connectivity index (χ3n) is 5.05. The Kier molecular flexibility index (Phi) is 5.75. The monoisotopic (exact) mass is 337 g/mol. The van der Waals surface area contributed by atoms with Gasteiger partial charge in [0.05, 0.1) is 13.2 Å². The number of nitrogens with one attached hydrogen (secondary N) is 1. The van der Waals surface area contributed by atoms with Crippen LogP contribution in [0, 0.1) is 0 Å². The molecule has 1 aliphatic carbocycles. The highest BCUT2D eigenvalue weighted by Gasteiger charge is 2.14. The van der Waals surface area contributed by atoms with E-state index in [1.807, 2.05) is 24.3 Å². The number of hydrogen-bond acceptors (Lipinski definition) is 2. The van der Waals surface area contributed by atoms with Crippen LogP contribution < -0.4 is 10.1 Å². The molecule has 132 valence electrons. The first kappa shape index (κ1) is 17.5. The number of aryl methyl sites for hydroxylation is 3. The summed E-state index contributed by atoms with van der Waals surface area (Å²) in [4.78, 5) is 12.3. The number of hydrogen-bond donors (Lipinski definition) is 1. The molecule has 3 nitrogen and oxygen atoms in total. The van der Waals surface area contributed by atoms with Crippen LogP contribution in [0.25, 0.3) is 0 Å². The fraction of sp³-hybridized carbons (Fsp3) is 0.409. The van der Waals surface area contributed by atoms with Gasteiger partial charge in [0.15, 0.2) is 0 Å². The van der Waals surface area contributed by atoms with E-state index in [0.29, 0.717) is 6.42 Å². The van der Waals surface area contributed by atoms with Crippen LogP contribution in [0.3, 0.4) is 0 Å². The molecule has 2 aromatic rings. The second kappa shape index (κ2) is 8.19. The summed E-state index contributed by atoms with van der Waals surface area (Å²) in [7, 11) is 1.66. The summed E-state index contributed by atoms with van der Waals surface area (Å²) < 4.78 is 5.16. The lowest BCUT2D eigenvalue weighted by molar-refractivity contribution is -0.121. The summed E-state index contributed by atoms with van der Waals surface area (Å²) >= 11 is 0. The van der Waals surface area contributed by atoms with Gasteiger partial charge >= 0.3 is 0 Å². The van der Waals surface area contributed by atoms with Crippen LogP contribution in [0.15, 0.2) is 42.5 Å². The smallest absolute Gasteiger partial charge is 0.220 e. The summed E-state index contributed by atoms with van der Waals surface area (Å²) in [6, 6.07) is 14.6. The van der Waals surface area contributed by atoms with Crippen molar-refractivity contribution in [3.05, 3.63) is 64.7 Å². The summed E-state index contributed by atoms with van der Waals surface area (Å²) in [5, 5.41) is 3.13. The molecule has 0 radical (unpaired) electrons. The Hall–Kier alpha value is -2.29. The van der Waals surface area contributed by atoms with Crippen LogP contribution in [0.4, 0.5) is 0 Å². The molecule has 0 fully saturated rings. The van der Waals surface area contributed by atoms with Crippen molar-refractivity contribution in [3.8, 4) is 5.75 Å². The summed E-state index contributed by atoms with van der Waals surface area (Å²) in [5.74, 6) is 0.940. The molecule has 0 saturated carbocycles. The van der Waals surface area contributed by atoms with Crippen molar-refractivity contribution < 1.29 is 9.53 Å². The van der Waals surface area contributed by atoms with Crippen LogP contribution in [0.2, 0.25) is 0 Å². The van der Waals surface area contributed by atoms with E-state index in [2.05, 4.69) is 30.4 Å². The molecule has 0 bridgehead atoms. The number of methoxy groups -OCH3 is 1. The number of carbonyl (C=O) groups excluding carboxylic acids is 1. The number of benzene rings is 2. The zero-order valence-electron chi connectivity index (χ0n) is 15.2. The van der Waals surface area contributed by atoms with Crippen molar-refractivity contribution in [1.82, 2.24) is 5.32 Å². The van der Waals surface area contributed by atoms with E-state index in [1.165, 1.54) is 42.4 Å². The fourth-order valence-electron chi connectivity index (χ4n) is 3.47. The van der Waals surface area contributed by atoms with Crippen molar-refractivity contribution >= 4 is 5.91 Å². The first-order valence-electron chi connectivity index (χ1n) is 9.19. The van der Waals surface area contributed by atoms with Gasteiger partial charge in [-0.05, 0) is 73.4 Å². The van der Waals surface area contributed by atoms with Crippen LogP contribution in [-0.4, -0.2) is 13.0 Å². The van der Waals surface area contributed by atoms with Crippen LogP contribution in [-0.2, 0) is 24.1 Å². The SMILES string of the molecule is COc1ccc(CCC(=O)N[C@@H](C)c2ccc3c(c2)CCCC3)cc1. The van der Waals surface area contributed by atoms with Crippen molar-refractivity contribution in [2.45, 2.75) is 51.5 Å². The number of amides is 1. The molecule has 1 aliphatic rings. The molecule has 3 rings (SSSR count). The Bertz CT molecular complexity index is 721. The van der Waals surface area contributed by atoms with Gasteiger partial charge in [0, 0.05) is 6.42 Å². The third kappa shape index (κ3) is 4.62. The minimum absolute atomic E-state index is 0.0515. The Morgan fingerprint density at radius 1 is 1.08 bits per heavy atom. The zero-order valence-corrected chi connectivity index (χ0v) is 15.2. The molecule has 0 aliphatic heterocycles. The van der Waals surface area contributed by atoms with Gasteiger partial charge < -0.3 is 10.1 Å². The highest BCUT2D eigenvalue weighted by Crippen LogP contribution is 2.24. The topological polar surface area (TPSA) is 38.3 Å². The van der Waals surface area contributed by atoms with Crippen LogP contribution in [0.5, 0.6) is 5.75 Å². The third-order valence-corrected chi connectivity index (χ3v) is 5.05. The highest BCUT2D eigenvalue weighted by molar-refractivity contribution is 5.76. The van der Waals surface area contributed by atoms with Gasteiger partial charge in [-0.25, -0.2) is 0 Å². The molecule has 0 aromatic heterocycles. The Balaban J connectivity index is 1.53. The van der Waals surface area contributed by atoms with Crippen molar-refractivity contribution in [2.24, 2.45) is 0 Å². The van der Waals surface area contributed by atoms with E-state index >= 15 is 0 Å². The Morgan fingerprint density at radius 2 is 1.80 bits per heavy atom. The van der Waals surface area contributed by atoms with Crippen LogP contribution in [0.1, 0.15) is 54.5 Å². The van der Waals surface area contributed by atoms with Crippen molar-refractivity contribution in [2.75, 3.05) is 7.11 Å². The largest absolute Gasteiger partial charge is 0.497 e. The van der Waals surface area contributed by atoms with Crippen LogP contribution >= 0.6 is 0 Å². The maximum Gasteiger partial charge on any atom is 0.220 e. The molecule has 1 atom stereocenters. The molecule has 0 heterocycles. The number of fused-ring (bicyclic) bond motifs is 1. The molecule has 25 heavy (non-hydrogen) atoms. The molecule has 1 amide bonds. The molecule has 1 N–H and O–H groups in total. The molecular formula is C22H27NO2. The minimum Gasteiger partial charge on any atom is -0.497 e. The normalized spacial score (nSPS) is 14.5. The standard InChI is InChI=1S/C22H27NO2/c1-16(19-11-10-18-5-3-4-6-20(18)15-19)23-22(24)14-9-17-7-12-21(25-2)13-8-17/h7-8,10-13,15-16H,3-6,9,14H2,1-2H3,(H,23,24)/t16-/m0/s1. The lowest BCUT2D eigenvalue weighted by Gasteiger charge is -2.20. The number of carbonyl (C=O) groups is 1. The first-order valence-corrected chi connectivity index (χ1v) is 9.19. The zero-order chi connectivity index (χ0) is 17.6.